The summed E-state index contributed by atoms with van der Waals surface area (Å²) in [7, 11) is 0. The van der Waals surface area contributed by atoms with Crippen LogP contribution in [0.1, 0.15) is 23.2 Å². The highest BCUT2D eigenvalue weighted by Gasteiger charge is 2.21. The third kappa shape index (κ3) is 3.11. The van der Waals surface area contributed by atoms with Crippen LogP contribution in [-0.2, 0) is 19.4 Å². The van der Waals surface area contributed by atoms with E-state index in [0.29, 0.717) is 6.54 Å². The van der Waals surface area contributed by atoms with Crippen LogP contribution in [-0.4, -0.2) is 41.3 Å². The first-order valence-electron chi connectivity index (χ1n) is 8.46. The van der Waals surface area contributed by atoms with Gasteiger partial charge in [0.1, 0.15) is 0 Å². The lowest BCUT2D eigenvalue weighted by Crippen LogP contribution is -2.46. The summed E-state index contributed by atoms with van der Waals surface area (Å²) in [5.74, 6) is -0.610. The SMILES string of the molecule is Fc1ccc(CN2CCN(c3cc4c(nn3)CCC4)CC2)cc1F. The quantitative estimate of drug-likeness (QED) is 0.866. The van der Waals surface area contributed by atoms with Gasteiger partial charge in [0.05, 0.1) is 5.69 Å². The van der Waals surface area contributed by atoms with Crippen LogP contribution >= 0.6 is 0 Å². The summed E-state index contributed by atoms with van der Waals surface area (Å²) in [5, 5.41) is 8.73. The Morgan fingerprint density at radius 1 is 0.917 bits per heavy atom. The van der Waals surface area contributed by atoms with Crippen LogP contribution in [0.3, 0.4) is 0 Å². The lowest BCUT2D eigenvalue weighted by molar-refractivity contribution is 0.248. The number of hydrogen-bond acceptors (Lipinski definition) is 4. The Labute approximate surface area is 140 Å². The van der Waals surface area contributed by atoms with Gasteiger partial charge in [-0.05, 0) is 48.6 Å². The van der Waals surface area contributed by atoms with Gasteiger partial charge in [0.25, 0.3) is 0 Å². The number of fused-ring (bicyclic) bond motifs is 1. The van der Waals surface area contributed by atoms with Crippen molar-refractivity contribution >= 4 is 5.82 Å². The normalized spacial score (nSPS) is 18.0. The Balaban J connectivity index is 1.37. The number of halogens is 2. The van der Waals surface area contributed by atoms with Crippen molar-refractivity contribution in [2.45, 2.75) is 25.8 Å². The second-order valence-corrected chi connectivity index (χ2v) is 6.54. The molecule has 6 heteroatoms. The predicted octanol–water partition coefficient (Wildman–Crippen LogP) is 2.57. The summed E-state index contributed by atoms with van der Waals surface area (Å²) in [4.78, 5) is 4.51. The summed E-state index contributed by atoms with van der Waals surface area (Å²) < 4.78 is 26.3. The molecule has 4 nitrogen and oxygen atoms in total. The standard InChI is InChI=1S/C18H20F2N4/c19-15-5-4-13(10-16(15)20)12-23-6-8-24(9-7-23)18-11-14-2-1-3-17(14)21-22-18/h4-5,10-11H,1-3,6-9,12H2. The first-order valence-corrected chi connectivity index (χ1v) is 8.46. The van der Waals surface area contributed by atoms with Gasteiger partial charge in [-0.15, -0.1) is 5.10 Å². The molecule has 0 atom stereocenters. The Morgan fingerprint density at radius 3 is 2.54 bits per heavy atom. The maximum Gasteiger partial charge on any atom is 0.159 e. The van der Waals surface area contributed by atoms with Crippen LogP contribution in [0.25, 0.3) is 0 Å². The molecule has 1 fully saturated rings. The Hall–Kier alpha value is -2.08. The largest absolute Gasteiger partial charge is 0.353 e. The molecule has 2 aliphatic rings. The second-order valence-electron chi connectivity index (χ2n) is 6.54. The molecule has 2 heterocycles. The topological polar surface area (TPSA) is 32.3 Å². The van der Waals surface area contributed by atoms with E-state index in [-0.39, 0.29) is 0 Å². The number of nitrogens with zero attached hydrogens (tertiary/aromatic N) is 4. The van der Waals surface area contributed by atoms with Gasteiger partial charge in [-0.25, -0.2) is 8.78 Å². The van der Waals surface area contributed by atoms with Crippen molar-refractivity contribution in [3.05, 3.63) is 52.7 Å². The predicted molar refractivity (Wildman–Crippen MR) is 87.9 cm³/mol. The molecule has 4 rings (SSSR count). The molecule has 2 aromatic rings. The number of piperazine rings is 1. The van der Waals surface area contributed by atoms with E-state index in [9.17, 15) is 8.78 Å². The van der Waals surface area contributed by atoms with Crippen molar-refractivity contribution in [3.8, 4) is 0 Å². The van der Waals surface area contributed by atoms with Crippen molar-refractivity contribution in [1.29, 1.82) is 0 Å². The van der Waals surface area contributed by atoms with Gasteiger partial charge in [0.2, 0.25) is 0 Å². The molecule has 1 saturated heterocycles. The summed E-state index contributed by atoms with van der Waals surface area (Å²) in [6.45, 7) is 4.13. The molecule has 1 aromatic carbocycles. The zero-order valence-electron chi connectivity index (χ0n) is 13.5. The fraction of sp³-hybridized carbons (Fsp3) is 0.444. The van der Waals surface area contributed by atoms with Gasteiger partial charge >= 0.3 is 0 Å². The van der Waals surface area contributed by atoms with Gasteiger partial charge < -0.3 is 4.90 Å². The zero-order chi connectivity index (χ0) is 16.5. The lowest BCUT2D eigenvalue weighted by atomic mass is 10.2. The third-order valence-corrected chi connectivity index (χ3v) is 4.89. The van der Waals surface area contributed by atoms with Crippen LogP contribution in [0, 0.1) is 11.6 Å². The number of aromatic nitrogens is 2. The van der Waals surface area contributed by atoms with Crippen molar-refractivity contribution in [3.63, 3.8) is 0 Å². The molecule has 1 aromatic heterocycles. The van der Waals surface area contributed by atoms with Crippen molar-refractivity contribution in [2.24, 2.45) is 0 Å². The molecule has 0 N–H and O–H groups in total. The van der Waals surface area contributed by atoms with Crippen LogP contribution in [0.4, 0.5) is 14.6 Å². The van der Waals surface area contributed by atoms with E-state index in [2.05, 4.69) is 26.1 Å². The average Bonchev–Trinajstić information content (AvgIpc) is 3.06. The van der Waals surface area contributed by atoms with Crippen LogP contribution in [0.5, 0.6) is 0 Å². The van der Waals surface area contributed by atoms with E-state index in [1.54, 1.807) is 6.07 Å². The molecule has 1 aliphatic carbocycles. The maximum absolute atomic E-state index is 13.3. The van der Waals surface area contributed by atoms with Gasteiger partial charge in [-0.3, -0.25) is 4.90 Å². The number of hydrogen-bond donors (Lipinski definition) is 0. The number of anilines is 1. The minimum Gasteiger partial charge on any atom is -0.353 e. The minimum atomic E-state index is -0.793. The first kappa shape index (κ1) is 15.4. The molecule has 0 unspecified atom stereocenters. The molecule has 0 saturated carbocycles. The Kier molecular flexibility index (Phi) is 4.14. The number of rotatable bonds is 3. The van der Waals surface area contributed by atoms with Gasteiger partial charge in [-0.2, -0.15) is 5.10 Å². The maximum atomic E-state index is 13.3. The molecule has 0 spiro atoms. The highest BCUT2D eigenvalue weighted by atomic mass is 19.2. The highest BCUT2D eigenvalue weighted by molar-refractivity contribution is 5.43. The average molecular weight is 330 g/mol. The van der Waals surface area contributed by atoms with Crippen molar-refractivity contribution in [1.82, 2.24) is 15.1 Å². The van der Waals surface area contributed by atoms with E-state index >= 15 is 0 Å². The summed E-state index contributed by atoms with van der Waals surface area (Å²) >= 11 is 0. The van der Waals surface area contributed by atoms with Gasteiger partial charge in [0.15, 0.2) is 17.5 Å². The molecule has 0 radical (unpaired) electrons. The van der Waals surface area contributed by atoms with Gasteiger partial charge in [0, 0.05) is 32.7 Å². The summed E-state index contributed by atoms with van der Waals surface area (Å²) in [6.07, 6.45) is 3.33. The van der Waals surface area contributed by atoms with Crippen LogP contribution in [0.15, 0.2) is 24.3 Å². The fourth-order valence-electron chi connectivity index (χ4n) is 3.50. The second kappa shape index (κ2) is 6.43. The van der Waals surface area contributed by atoms with E-state index in [1.165, 1.54) is 24.1 Å². The third-order valence-electron chi connectivity index (χ3n) is 4.89. The van der Waals surface area contributed by atoms with E-state index in [1.807, 2.05) is 0 Å². The lowest BCUT2D eigenvalue weighted by Gasteiger charge is -2.35. The van der Waals surface area contributed by atoms with E-state index in [0.717, 1.165) is 56.1 Å². The smallest absolute Gasteiger partial charge is 0.159 e. The van der Waals surface area contributed by atoms with Crippen molar-refractivity contribution in [2.75, 3.05) is 31.1 Å². The molecule has 0 amide bonds. The molecular weight excluding hydrogens is 310 g/mol. The summed E-state index contributed by atoms with van der Waals surface area (Å²) in [5.41, 5.74) is 3.29. The minimum absolute atomic E-state index is 0.640. The fourth-order valence-corrected chi connectivity index (χ4v) is 3.50. The van der Waals surface area contributed by atoms with Crippen LogP contribution < -0.4 is 4.90 Å². The summed E-state index contributed by atoms with van der Waals surface area (Å²) in [6, 6.07) is 6.31. The molecular formula is C18H20F2N4. The number of aryl methyl sites for hydroxylation is 2. The monoisotopic (exact) mass is 330 g/mol. The highest BCUT2D eigenvalue weighted by Crippen LogP contribution is 2.23. The first-order chi connectivity index (χ1) is 11.7. The van der Waals surface area contributed by atoms with Crippen LogP contribution in [0.2, 0.25) is 0 Å². The molecule has 24 heavy (non-hydrogen) atoms. The van der Waals surface area contributed by atoms with Crippen molar-refractivity contribution < 1.29 is 8.78 Å². The zero-order valence-corrected chi connectivity index (χ0v) is 13.5. The van der Waals surface area contributed by atoms with E-state index < -0.39 is 11.6 Å². The molecule has 1 aliphatic heterocycles. The molecule has 0 bridgehead atoms. The Morgan fingerprint density at radius 2 is 1.75 bits per heavy atom. The number of benzene rings is 1. The molecule has 126 valence electrons. The van der Waals surface area contributed by atoms with E-state index in [4.69, 9.17) is 0 Å². The van der Waals surface area contributed by atoms with Gasteiger partial charge in [-0.1, -0.05) is 6.07 Å². The Bertz CT molecular complexity index is 742.